The Hall–Kier alpha value is -3.38. The number of aliphatic hydroxyl groups excluding tert-OH is 1. The smallest absolute Gasteiger partial charge is 0.294 e. The van der Waals surface area contributed by atoms with E-state index in [1.165, 1.54) is 28.4 Å². The lowest BCUT2D eigenvalue weighted by atomic mass is 9.95. The number of hydrogen-bond acceptors (Lipinski definition) is 5. The number of carbonyl (C=O) groups is 2. The second-order valence-electron chi connectivity index (χ2n) is 7.08. The van der Waals surface area contributed by atoms with Crippen LogP contribution in [-0.4, -0.2) is 21.9 Å². The van der Waals surface area contributed by atoms with Crippen LogP contribution in [0.15, 0.2) is 71.3 Å². The summed E-state index contributed by atoms with van der Waals surface area (Å²) in [5.74, 6) is -1.46. The quantitative estimate of drug-likeness (QED) is 0.608. The molecular formula is C23H19NO4S. The Balaban J connectivity index is 1.90. The van der Waals surface area contributed by atoms with Crippen molar-refractivity contribution in [2.75, 3.05) is 4.90 Å². The Morgan fingerprint density at radius 1 is 1.00 bits per heavy atom. The standard InChI is InChI=1S/C23H19NO4S/c1-13-10-14(2)12-16(11-13)24-20(15-5-7-17(25)8-6-15)19(22(27)23(24)28)21(26)18-4-3-9-29-18/h3-12,20,25,27H,1-2H3. The Kier molecular flexibility index (Phi) is 4.72. The van der Waals surface area contributed by atoms with Crippen molar-refractivity contribution < 1.29 is 19.8 Å². The molecule has 1 unspecified atom stereocenters. The van der Waals surface area contributed by atoms with E-state index >= 15 is 0 Å². The molecular weight excluding hydrogens is 386 g/mol. The highest BCUT2D eigenvalue weighted by molar-refractivity contribution is 7.12. The van der Waals surface area contributed by atoms with Crippen molar-refractivity contribution in [3.05, 3.63) is 92.9 Å². The zero-order valence-electron chi connectivity index (χ0n) is 15.9. The van der Waals surface area contributed by atoms with Crippen LogP contribution in [0.4, 0.5) is 5.69 Å². The second kappa shape index (κ2) is 7.22. The van der Waals surface area contributed by atoms with Gasteiger partial charge in [-0.2, -0.15) is 0 Å². The van der Waals surface area contributed by atoms with E-state index in [1.54, 1.807) is 29.6 Å². The van der Waals surface area contributed by atoms with Crippen LogP contribution < -0.4 is 4.90 Å². The molecule has 2 aromatic carbocycles. The van der Waals surface area contributed by atoms with Crippen LogP contribution >= 0.6 is 11.3 Å². The molecule has 3 aromatic rings. The normalized spacial score (nSPS) is 16.6. The summed E-state index contributed by atoms with van der Waals surface area (Å²) in [6.07, 6.45) is 0. The molecule has 0 spiro atoms. The SMILES string of the molecule is Cc1cc(C)cc(N2C(=O)C(O)=C(C(=O)c3cccs3)C2c2ccc(O)cc2)c1. The van der Waals surface area contributed by atoms with Crippen molar-refractivity contribution in [2.45, 2.75) is 19.9 Å². The van der Waals surface area contributed by atoms with Crippen molar-refractivity contribution >= 4 is 28.7 Å². The van der Waals surface area contributed by atoms with Crippen LogP contribution in [-0.2, 0) is 4.79 Å². The minimum Gasteiger partial charge on any atom is -0.508 e. The first kappa shape index (κ1) is 19.0. The van der Waals surface area contributed by atoms with Crippen LogP contribution in [0.1, 0.15) is 32.4 Å². The summed E-state index contributed by atoms with van der Waals surface area (Å²) in [5, 5.41) is 22.2. The fourth-order valence-corrected chi connectivity index (χ4v) is 4.38. The molecule has 146 valence electrons. The maximum absolute atomic E-state index is 13.2. The highest BCUT2D eigenvalue weighted by Gasteiger charge is 2.44. The molecule has 1 aliphatic rings. The highest BCUT2D eigenvalue weighted by Crippen LogP contribution is 2.43. The number of aryl methyl sites for hydroxylation is 2. The van der Waals surface area contributed by atoms with Crippen LogP contribution in [0.2, 0.25) is 0 Å². The molecule has 0 saturated carbocycles. The summed E-state index contributed by atoms with van der Waals surface area (Å²) in [5.41, 5.74) is 3.21. The van der Waals surface area contributed by atoms with Gasteiger partial charge in [-0.3, -0.25) is 14.5 Å². The minimum atomic E-state index is -0.793. The predicted molar refractivity (Wildman–Crippen MR) is 113 cm³/mol. The summed E-state index contributed by atoms with van der Waals surface area (Å²) >= 11 is 1.26. The number of aromatic hydroxyl groups is 1. The molecule has 0 bridgehead atoms. The van der Waals surface area contributed by atoms with E-state index < -0.39 is 17.7 Å². The van der Waals surface area contributed by atoms with Crippen LogP contribution in [0, 0.1) is 13.8 Å². The molecule has 1 atom stereocenters. The number of hydrogen-bond donors (Lipinski definition) is 2. The Labute approximate surface area is 172 Å². The zero-order valence-corrected chi connectivity index (χ0v) is 16.7. The number of nitrogens with zero attached hydrogens (tertiary/aromatic N) is 1. The maximum atomic E-state index is 13.2. The molecule has 2 N–H and O–H groups in total. The third-order valence-electron chi connectivity index (χ3n) is 4.89. The van der Waals surface area contributed by atoms with Gasteiger partial charge in [0.15, 0.2) is 5.76 Å². The first-order valence-corrected chi connectivity index (χ1v) is 9.97. The topological polar surface area (TPSA) is 77.8 Å². The van der Waals surface area contributed by atoms with Crippen molar-refractivity contribution in [3.63, 3.8) is 0 Å². The number of anilines is 1. The van der Waals surface area contributed by atoms with Gasteiger partial charge in [0.25, 0.3) is 5.91 Å². The number of benzene rings is 2. The van der Waals surface area contributed by atoms with Crippen LogP contribution in [0.3, 0.4) is 0 Å². The van der Waals surface area contributed by atoms with E-state index in [4.69, 9.17) is 0 Å². The van der Waals surface area contributed by atoms with E-state index in [2.05, 4.69) is 0 Å². The lowest BCUT2D eigenvalue weighted by Crippen LogP contribution is -2.31. The summed E-state index contributed by atoms with van der Waals surface area (Å²) in [6, 6.07) is 14.6. The summed E-state index contributed by atoms with van der Waals surface area (Å²) < 4.78 is 0. The first-order valence-electron chi connectivity index (χ1n) is 9.09. The average Bonchev–Trinajstić information content (AvgIpc) is 3.29. The molecule has 0 aliphatic carbocycles. The lowest BCUT2D eigenvalue weighted by molar-refractivity contribution is -0.117. The van der Waals surface area contributed by atoms with Gasteiger partial charge in [-0.25, -0.2) is 0 Å². The van der Waals surface area contributed by atoms with Crippen molar-refractivity contribution in [1.29, 1.82) is 0 Å². The van der Waals surface area contributed by atoms with Gasteiger partial charge in [0.2, 0.25) is 5.78 Å². The Morgan fingerprint density at radius 2 is 1.66 bits per heavy atom. The molecule has 0 saturated heterocycles. The number of rotatable bonds is 4. The summed E-state index contributed by atoms with van der Waals surface area (Å²) in [6.45, 7) is 3.86. The zero-order chi connectivity index (χ0) is 20.7. The molecule has 0 radical (unpaired) electrons. The summed E-state index contributed by atoms with van der Waals surface area (Å²) in [7, 11) is 0. The molecule has 6 heteroatoms. The van der Waals surface area contributed by atoms with E-state index in [1.807, 2.05) is 32.0 Å². The predicted octanol–water partition coefficient (Wildman–Crippen LogP) is 4.85. The number of aliphatic hydroxyl groups is 1. The van der Waals surface area contributed by atoms with Gasteiger partial charge < -0.3 is 10.2 Å². The molecule has 2 heterocycles. The first-order chi connectivity index (χ1) is 13.9. The monoisotopic (exact) mass is 405 g/mol. The number of Topliss-reactive ketones (excluding diaryl/α,β-unsaturated/α-hetero) is 1. The Bertz CT molecular complexity index is 1110. The molecule has 1 amide bonds. The van der Waals surface area contributed by atoms with Gasteiger partial charge in [0.05, 0.1) is 16.5 Å². The van der Waals surface area contributed by atoms with Gasteiger partial charge >= 0.3 is 0 Å². The number of phenolic OH excluding ortho intramolecular Hbond substituents is 1. The molecule has 5 nitrogen and oxygen atoms in total. The van der Waals surface area contributed by atoms with Crippen LogP contribution in [0.25, 0.3) is 0 Å². The number of thiophene rings is 1. The lowest BCUT2D eigenvalue weighted by Gasteiger charge is -2.27. The fourth-order valence-electron chi connectivity index (χ4n) is 3.71. The van der Waals surface area contributed by atoms with E-state index in [0.29, 0.717) is 16.1 Å². The molecule has 1 aliphatic heterocycles. The maximum Gasteiger partial charge on any atom is 0.294 e. The second-order valence-corrected chi connectivity index (χ2v) is 8.03. The molecule has 0 fully saturated rings. The number of phenols is 1. The van der Waals surface area contributed by atoms with Gasteiger partial charge in [-0.05, 0) is 66.2 Å². The van der Waals surface area contributed by atoms with E-state index in [-0.39, 0.29) is 17.1 Å². The van der Waals surface area contributed by atoms with Crippen molar-refractivity contribution in [1.82, 2.24) is 0 Å². The third-order valence-corrected chi connectivity index (χ3v) is 5.76. The highest BCUT2D eigenvalue weighted by atomic mass is 32.1. The van der Waals surface area contributed by atoms with Gasteiger partial charge in [0, 0.05) is 5.69 Å². The van der Waals surface area contributed by atoms with Crippen molar-refractivity contribution in [3.8, 4) is 5.75 Å². The number of amides is 1. The third kappa shape index (κ3) is 3.32. The number of ketones is 1. The van der Waals surface area contributed by atoms with Gasteiger partial charge in [0.1, 0.15) is 5.75 Å². The minimum absolute atomic E-state index is 0.0438. The Morgan fingerprint density at radius 3 is 2.24 bits per heavy atom. The van der Waals surface area contributed by atoms with Crippen molar-refractivity contribution in [2.24, 2.45) is 0 Å². The largest absolute Gasteiger partial charge is 0.508 e. The number of carbonyl (C=O) groups excluding carboxylic acids is 2. The van der Waals surface area contributed by atoms with Gasteiger partial charge in [-0.15, -0.1) is 11.3 Å². The van der Waals surface area contributed by atoms with E-state index in [0.717, 1.165) is 11.1 Å². The fraction of sp³-hybridized carbons (Fsp3) is 0.130. The van der Waals surface area contributed by atoms with Gasteiger partial charge in [-0.1, -0.05) is 24.3 Å². The average molecular weight is 405 g/mol. The molecule has 4 rings (SSSR count). The van der Waals surface area contributed by atoms with Crippen LogP contribution in [0.5, 0.6) is 5.75 Å². The summed E-state index contributed by atoms with van der Waals surface area (Å²) in [4.78, 5) is 28.2. The molecule has 1 aromatic heterocycles. The molecule has 29 heavy (non-hydrogen) atoms. The van der Waals surface area contributed by atoms with E-state index in [9.17, 15) is 19.8 Å².